The van der Waals surface area contributed by atoms with Crippen LogP contribution >= 0.6 is 0 Å². The minimum atomic E-state index is -0.323. The molecular formula is C38H76O5. The first-order valence-corrected chi connectivity index (χ1v) is 19.1. The van der Waals surface area contributed by atoms with E-state index in [2.05, 4.69) is 13.8 Å². The van der Waals surface area contributed by atoms with Gasteiger partial charge in [-0.3, -0.25) is 9.59 Å². The van der Waals surface area contributed by atoms with E-state index in [0.717, 1.165) is 25.7 Å². The molecule has 0 spiro atoms. The normalized spacial score (nSPS) is 10.9. The number of ether oxygens (including phenoxy) is 1. The molecule has 0 saturated carbocycles. The van der Waals surface area contributed by atoms with Crippen LogP contribution in [0.1, 0.15) is 219 Å². The fourth-order valence-electron chi connectivity index (χ4n) is 5.51. The molecule has 43 heavy (non-hydrogen) atoms. The van der Waals surface area contributed by atoms with Crippen molar-refractivity contribution in [3.05, 3.63) is 0 Å². The zero-order chi connectivity index (χ0) is 31.9. The van der Waals surface area contributed by atoms with Crippen molar-refractivity contribution in [2.75, 3.05) is 13.2 Å². The Hall–Kier alpha value is -0.940. The van der Waals surface area contributed by atoms with Crippen LogP contribution < -0.4 is 0 Å². The van der Waals surface area contributed by atoms with Gasteiger partial charge in [-0.2, -0.15) is 0 Å². The zero-order valence-corrected chi connectivity index (χ0v) is 29.2. The number of carbonyl (C=O) groups is 2. The van der Waals surface area contributed by atoms with Crippen LogP contribution in [0.5, 0.6) is 0 Å². The minimum Gasteiger partial charge on any atom is -0.394 e. The number of hydrogen-bond acceptors (Lipinski definition) is 5. The van der Waals surface area contributed by atoms with E-state index in [0.29, 0.717) is 12.8 Å². The number of aliphatic hydroxyl groups is 2. The molecule has 258 valence electrons. The van der Waals surface area contributed by atoms with E-state index in [1.807, 2.05) is 0 Å². The third-order valence-electron chi connectivity index (χ3n) is 8.30. The van der Waals surface area contributed by atoms with Gasteiger partial charge in [0.15, 0.2) is 0 Å². The highest BCUT2D eigenvalue weighted by Crippen LogP contribution is 2.15. The first-order chi connectivity index (χ1) is 21.1. The molecule has 0 amide bonds. The van der Waals surface area contributed by atoms with E-state index in [1.54, 1.807) is 0 Å². The molecule has 0 aliphatic rings. The average Bonchev–Trinajstić information content (AvgIpc) is 3.01. The van der Waals surface area contributed by atoms with Crippen molar-refractivity contribution in [1.29, 1.82) is 0 Å². The number of rotatable bonds is 33. The maximum atomic E-state index is 11.9. The molecule has 0 aliphatic carbocycles. The van der Waals surface area contributed by atoms with Crippen molar-refractivity contribution in [3.63, 3.8) is 0 Å². The molecule has 0 rings (SSSR count). The molecule has 0 aromatic carbocycles. The lowest BCUT2D eigenvalue weighted by atomic mass is 10.0. The smallest absolute Gasteiger partial charge is 0.313 e. The maximum Gasteiger partial charge on any atom is 0.313 e. The Bertz CT molecular complexity index is 490. The van der Waals surface area contributed by atoms with Gasteiger partial charge in [0.2, 0.25) is 0 Å². The van der Waals surface area contributed by atoms with E-state index in [1.165, 1.54) is 167 Å². The summed E-state index contributed by atoms with van der Waals surface area (Å²) in [6.07, 6.45) is 40.1. The minimum absolute atomic E-state index is 0.125. The van der Waals surface area contributed by atoms with Gasteiger partial charge >= 0.3 is 11.9 Å². The van der Waals surface area contributed by atoms with Crippen LogP contribution in [0.2, 0.25) is 0 Å². The predicted molar refractivity (Wildman–Crippen MR) is 184 cm³/mol. The Morgan fingerprint density at radius 1 is 0.349 bits per heavy atom. The molecule has 0 aromatic heterocycles. The van der Waals surface area contributed by atoms with Gasteiger partial charge in [0.1, 0.15) is 0 Å². The number of esters is 2. The van der Waals surface area contributed by atoms with Crippen LogP contribution in [0, 0.1) is 0 Å². The summed E-state index contributed by atoms with van der Waals surface area (Å²) in [6.45, 7) is 4.30. The number of carbonyl (C=O) groups excluding carboxylic acids is 2. The molecule has 0 heterocycles. The average molecular weight is 613 g/mol. The zero-order valence-electron chi connectivity index (χ0n) is 29.2. The third kappa shape index (κ3) is 43.2. The molecule has 5 heteroatoms. The van der Waals surface area contributed by atoms with Crippen molar-refractivity contribution in [3.8, 4) is 0 Å². The van der Waals surface area contributed by atoms with Gasteiger partial charge in [-0.25, -0.2) is 0 Å². The van der Waals surface area contributed by atoms with Gasteiger partial charge in [-0.15, -0.1) is 0 Å². The van der Waals surface area contributed by atoms with Crippen LogP contribution in [0.25, 0.3) is 0 Å². The van der Waals surface area contributed by atoms with Crippen molar-refractivity contribution >= 4 is 11.9 Å². The van der Waals surface area contributed by atoms with Crippen LogP contribution in [0.15, 0.2) is 0 Å². The summed E-state index contributed by atoms with van der Waals surface area (Å²) >= 11 is 0. The second-order valence-corrected chi connectivity index (χ2v) is 12.7. The monoisotopic (exact) mass is 613 g/mol. The fourth-order valence-corrected chi connectivity index (χ4v) is 5.51. The van der Waals surface area contributed by atoms with Crippen LogP contribution in [-0.4, -0.2) is 35.4 Å². The summed E-state index contributed by atoms with van der Waals surface area (Å²) in [5, 5.41) is 15.2. The molecule has 0 aromatic rings. The van der Waals surface area contributed by atoms with E-state index < -0.39 is 0 Å². The summed E-state index contributed by atoms with van der Waals surface area (Å²) < 4.78 is 5.01. The van der Waals surface area contributed by atoms with Gasteiger partial charge in [0.25, 0.3) is 0 Å². The summed E-state index contributed by atoms with van der Waals surface area (Å²) in [7, 11) is 0. The highest BCUT2D eigenvalue weighted by molar-refractivity contribution is 5.85. The Kier molecular flexibility index (Phi) is 42.2. The summed E-state index contributed by atoms with van der Waals surface area (Å²) in [6, 6.07) is 0. The van der Waals surface area contributed by atoms with Gasteiger partial charge < -0.3 is 14.9 Å². The molecular weight excluding hydrogens is 536 g/mol. The molecule has 0 unspecified atom stereocenters. The van der Waals surface area contributed by atoms with Crippen molar-refractivity contribution in [2.45, 2.75) is 219 Å². The van der Waals surface area contributed by atoms with Gasteiger partial charge in [0, 0.05) is 12.8 Å². The second kappa shape index (κ2) is 41.1. The Morgan fingerprint density at radius 2 is 0.535 bits per heavy atom. The van der Waals surface area contributed by atoms with Crippen LogP contribution in [-0.2, 0) is 14.3 Å². The van der Waals surface area contributed by atoms with Gasteiger partial charge in [-0.05, 0) is 12.8 Å². The molecule has 0 fully saturated rings. The summed E-state index contributed by atoms with van der Waals surface area (Å²) in [4.78, 5) is 23.8. The van der Waals surface area contributed by atoms with E-state index in [4.69, 9.17) is 14.9 Å². The lowest BCUT2D eigenvalue weighted by Crippen LogP contribution is -2.11. The van der Waals surface area contributed by atoms with E-state index in [-0.39, 0.29) is 25.2 Å². The number of hydrogen-bond donors (Lipinski definition) is 2. The standard InChI is InChI=1S/C36H70O3.C2H6O2/c1-3-5-7-9-11-13-15-17-19-21-23-25-27-29-31-33-35(37)39-36(38)34-32-30-28-26-24-22-20-18-16-14-12-10-8-6-4-2;3-1-2-4/h3-34H2,1-2H3;3-4H,1-2H2. The second-order valence-electron chi connectivity index (χ2n) is 12.7. The van der Waals surface area contributed by atoms with E-state index >= 15 is 0 Å². The lowest BCUT2D eigenvalue weighted by molar-refractivity contribution is -0.159. The molecule has 0 aliphatic heterocycles. The van der Waals surface area contributed by atoms with Crippen molar-refractivity contribution < 1.29 is 24.5 Å². The first kappa shape index (κ1) is 44.2. The highest BCUT2D eigenvalue weighted by atomic mass is 16.6. The largest absolute Gasteiger partial charge is 0.394 e. The Labute approximate surface area is 268 Å². The van der Waals surface area contributed by atoms with E-state index in [9.17, 15) is 9.59 Å². The molecule has 0 saturated heterocycles. The third-order valence-corrected chi connectivity index (χ3v) is 8.30. The van der Waals surface area contributed by atoms with Crippen LogP contribution in [0.3, 0.4) is 0 Å². The number of aliphatic hydroxyl groups excluding tert-OH is 2. The molecule has 0 radical (unpaired) electrons. The van der Waals surface area contributed by atoms with Gasteiger partial charge in [-0.1, -0.05) is 194 Å². The topological polar surface area (TPSA) is 83.8 Å². The quantitative estimate of drug-likeness (QED) is 0.0437. The molecule has 2 N–H and O–H groups in total. The fraction of sp³-hybridized carbons (Fsp3) is 0.947. The first-order valence-electron chi connectivity index (χ1n) is 19.1. The Morgan fingerprint density at radius 3 is 0.721 bits per heavy atom. The summed E-state index contributed by atoms with van der Waals surface area (Å²) in [5.41, 5.74) is 0. The molecule has 0 atom stereocenters. The SMILES string of the molecule is CCCCCCCCCCCCCCCCCC(=O)OC(=O)CCCCCCCCCCCCCCCCC.OCCO. The van der Waals surface area contributed by atoms with Crippen molar-refractivity contribution in [2.24, 2.45) is 0 Å². The summed E-state index contributed by atoms with van der Waals surface area (Å²) in [5.74, 6) is -0.647. The predicted octanol–water partition coefficient (Wildman–Crippen LogP) is 11.6. The molecule has 0 bridgehead atoms. The maximum absolute atomic E-state index is 11.9. The number of unbranched alkanes of at least 4 members (excludes halogenated alkanes) is 28. The molecule has 5 nitrogen and oxygen atoms in total. The van der Waals surface area contributed by atoms with Crippen LogP contribution in [0.4, 0.5) is 0 Å². The Balaban J connectivity index is 0. The lowest BCUT2D eigenvalue weighted by Gasteiger charge is -2.05. The highest BCUT2D eigenvalue weighted by Gasteiger charge is 2.10. The van der Waals surface area contributed by atoms with Gasteiger partial charge in [0.05, 0.1) is 13.2 Å². The van der Waals surface area contributed by atoms with Crippen molar-refractivity contribution in [1.82, 2.24) is 0 Å².